The fourth-order valence-electron chi connectivity index (χ4n) is 6.36. The second-order valence-electron chi connectivity index (χ2n) is 10.5. The highest BCUT2D eigenvalue weighted by molar-refractivity contribution is 6.17. The number of fused-ring (bicyclic) bond motifs is 11. The summed E-state index contributed by atoms with van der Waals surface area (Å²) in [6, 6.07) is 39.5. The van der Waals surface area contributed by atoms with Gasteiger partial charge in [-0.3, -0.25) is 4.40 Å². The van der Waals surface area contributed by atoms with Crippen molar-refractivity contribution in [1.29, 1.82) is 0 Å². The highest BCUT2D eigenvalue weighted by Gasteiger charge is 2.23. The zero-order valence-electron chi connectivity index (χ0n) is 24.2. The normalized spacial score (nSPS) is 11.6. The molecule has 0 aliphatic rings. The van der Waals surface area contributed by atoms with Gasteiger partial charge in [-0.15, -0.1) is 0 Å². The molecule has 4 heterocycles. The monoisotopic (exact) mass is 556 g/mol. The summed E-state index contributed by atoms with van der Waals surface area (Å²) in [5.74, 6) is 0.645. The lowest BCUT2D eigenvalue weighted by Crippen LogP contribution is -1.98. The summed E-state index contributed by atoms with van der Waals surface area (Å²) in [4.78, 5) is 15.6. The Balaban J connectivity index is 0.00000136. The van der Waals surface area contributed by atoms with Gasteiger partial charge in [0.05, 0.1) is 5.52 Å². The van der Waals surface area contributed by atoms with Crippen LogP contribution in [-0.2, 0) is 0 Å². The molecule has 9 rings (SSSR count). The van der Waals surface area contributed by atoms with E-state index in [9.17, 15) is 0 Å². The highest BCUT2D eigenvalue weighted by atomic mass is 16.3. The van der Waals surface area contributed by atoms with E-state index in [4.69, 9.17) is 19.4 Å². The SMILES string of the molecule is CC.Cc1cccc2c1c1ccccc1c1nc3nc(-c4ccccc4)nc(-c4cccc5oc6ccccc6c45)c3n21. The molecule has 9 aromatic rings. The van der Waals surface area contributed by atoms with Crippen LogP contribution in [0.1, 0.15) is 19.4 Å². The molecule has 0 spiro atoms. The van der Waals surface area contributed by atoms with Crippen molar-refractivity contribution in [2.24, 2.45) is 0 Å². The summed E-state index contributed by atoms with van der Waals surface area (Å²) in [7, 11) is 0. The Labute approximate surface area is 248 Å². The van der Waals surface area contributed by atoms with Gasteiger partial charge in [-0.05, 0) is 36.1 Å². The number of imidazole rings is 1. The van der Waals surface area contributed by atoms with E-state index in [-0.39, 0.29) is 0 Å². The van der Waals surface area contributed by atoms with Crippen LogP contribution < -0.4 is 0 Å². The molecule has 0 unspecified atom stereocenters. The van der Waals surface area contributed by atoms with Crippen LogP contribution in [0.4, 0.5) is 0 Å². The molecule has 5 heteroatoms. The quantitative estimate of drug-likeness (QED) is 0.199. The first kappa shape index (κ1) is 25.2. The molecule has 5 aromatic carbocycles. The molecule has 0 amide bonds. The topological polar surface area (TPSA) is 56.2 Å². The van der Waals surface area contributed by atoms with E-state index >= 15 is 0 Å². The van der Waals surface area contributed by atoms with E-state index in [0.717, 1.165) is 60.8 Å². The molecule has 0 atom stereocenters. The minimum Gasteiger partial charge on any atom is -0.456 e. The Morgan fingerprint density at radius 3 is 2.12 bits per heavy atom. The standard InChI is InChI=1S/C36H22N4O.C2H6/c1-21-11-9-18-27-30(21)23-14-5-6-15-24(23)36-39-35-33(40(27)36)32(37-34(38-35)22-12-3-2-4-13-22)26-17-10-20-29-31(26)25-16-7-8-19-28(25)41-29;1-2/h2-20H,1H3;1-2H3. The zero-order chi connectivity index (χ0) is 29.1. The van der Waals surface area contributed by atoms with Gasteiger partial charge in [0, 0.05) is 32.7 Å². The Morgan fingerprint density at radius 1 is 0.581 bits per heavy atom. The van der Waals surface area contributed by atoms with Gasteiger partial charge in [-0.25, -0.2) is 15.0 Å². The summed E-state index contributed by atoms with van der Waals surface area (Å²) in [6.07, 6.45) is 0. The fraction of sp³-hybridized carbons (Fsp3) is 0.0789. The molecule has 0 aliphatic carbocycles. The molecule has 43 heavy (non-hydrogen) atoms. The molecule has 206 valence electrons. The van der Waals surface area contributed by atoms with Crippen LogP contribution in [0.3, 0.4) is 0 Å². The molecule has 0 radical (unpaired) electrons. The average Bonchev–Trinajstić information content (AvgIpc) is 3.65. The number of aromatic nitrogens is 4. The minimum atomic E-state index is 0.645. The number of hydrogen-bond acceptors (Lipinski definition) is 4. The van der Waals surface area contributed by atoms with Crippen LogP contribution in [0.5, 0.6) is 0 Å². The van der Waals surface area contributed by atoms with E-state index in [1.807, 2.05) is 68.4 Å². The van der Waals surface area contributed by atoms with Crippen molar-refractivity contribution in [2.75, 3.05) is 0 Å². The molecule has 0 saturated heterocycles. The third kappa shape index (κ3) is 3.68. The molecule has 0 aliphatic heterocycles. The Morgan fingerprint density at radius 2 is 1.28 bits per heavy atom. The lowest BCUT2D eigenvalue weighted by Gasteiger charge is -2.13. The minimum absolute atomic E-state index is 0.645. The van der Waals surface area contributed by atoms with Crippen molar-refractivity contribution in [3.05, 3.63) is 121 Å². The Hall–Kier alpha value is -5.55. The number of furan rings is 1. The summed E-state index contributed by atoms with van der Waals surface area (Å²) in [5.41, 5.74) is 9.18. The van der Waals surface area contributed by atoms with Crippen LogP contribution in [0, 0.1) is 6.92 Å². The predicted molar refractivity (Wildman–Crippen MR) is 178 cm³/mol. The van der Waals surface area contributed by atoms with Gasteiger partial charge in [-0.1, -0.05) is 111 Å². The average molecular weight is 557 g/mol. The van der Waals surface area contributed by atoms with E-state index in [2.05, 4.69) is 72.0 Å². The molecule has 0 fully saturated rings. The van der Waals surface area contributed by atoms with Crippen molar-refractivity contribution < 1.29 is 4.42 Å². The lowest BCUT2D eigenvalue weighted by molar-refractivity contribution is 0.669. The van der Waals surface area contributed by atoms with Crippen LogP contribution >= 0.6 is 0 Å². The summed E-state index contributed by atoms with van der Waals surface area (Å²) in [6.45, 7) is 6.17. The number of pyridine rings is 1. The lowest BCUT2D eigenvalue weighted by atomic mass is 10.0. The van der Waals surface area contributed by atoms with Crippen molar-refractivity contribution in [1.82, 2.24) is 19.4 Å². The second kappa shape index (κ2) is 9.78. The highest BCUT2D eigenvalue weighted by Crippen LogP contribution is 2.41. The van der Waals surface area contributed by atoms with E-state index in [1.54, 1.807) is 0 Å². The fourth-order valence-corrected chi connectivity index (χ4v) is 6.36. The molecule has 0 saturated carbocycles. The van der Waals surface area contributed by atoms with Crippen LogP contribution in [0.15, 0.2) is 120 Å². The van der Waals surface area contributed by atoms with Crippen LogP contribution in [-0.4, -0.2) is 19.4 Å². The first-order valence-corrected chi connectivity index (χ1v) is 14.7. The van der Waals surface area contributed by atoms with Crippen molar-refractivity contribution in [2.45, 2.75) is 20.8 Å². The van der Waals surface area contributed by atoms with E-state index < -0.39 is 0 Å². The van der Waals surface area contributed by atoms with Gasteiger partial charge in [0.25, 0.3) is 0 Å². The third-order valence-electron chi connectivity index (χ3n) is 8.13. The smallest absolute Gasteiger partial charge is 0.183 e. The maximum Gasteiger partial charge on any atom is 0.183 e. The van der Waals surface area contributed by atoms with Gasteiger partial charge < -0.3 is 4.42 Å². The summed E-state index contributed by atoms with van der Waals surface area (Å²) >= 11 is 0. The first-order valence-electron chi connectivity index (χ1n) is 14.7. The zero-order valence-corrected chi connectivity index (χ0v) is 24.2. The van der Waals surface area contributed by atoms with E-state index in [1.165, 1.54) is 16.3 Å². The number of para-hydroxylation sites is 1. The molecule has 0 N–H and O–H groups in total. The number of benzene rings is 5. The van der Waals surface area contributed by atoms with Gasteiger partial charge in [0.15, 0.2) is 11.5 Å². The number of rotatable bonds is 2. The van der Waals surface area contributed by atoms with Gasteiger partial charge in [-0.2, -0.15) is 0 Å². The van der Waals surface area contributed by atoms with Gasteiger partial charge in [0.2, 0.25) is 0 Å². The maximum absolute atomic E-state index is 6.29. The van der Waals surface area contributed by atoms with Crippen molar-refractivity contribution in [3.63, 3.8) is 0 Å². The molecular formula is C38H28N4O. The number of nitrogens with zero attached hydrogens (tertiary/aromatic N) is 4. The Bertz CT molecular complexity index is 2490. The third-order valence-corrected chi connectivity index (χ3v) is 8.13. The van der Waals surface area contributed by atoms with Gasteiger partial charge >= 0.3 is 0 Å². The summed E-state index contributed by atoms with van der Waals surface area (Å²) in [5, 5.41) is 5.58. The maximum atomic E-state index is 6.29. The van der Waals surface area contributed by atoms with Crippen LogP contribution in [0.2, 0.25) is 0 Å². The van der Waals surface area contributed by atoms with E-state index in [0.29, 0.717) is 11.5 Å². The first-order chi connectivity index (χ1) is 21.3. The molecule has 0 bridgehead atoms. The second-order valence-corrected chi connectivity index (χ2v) is 10.5. The van der Waals surface area contributed by atoms with Gasteiger partial charge in [0.1, 0.15) is 28.0 Å². The Kier molecular flexibility index (Phi) is 5.73. The predicted octanol–water partition coefficient (Wildman–Crippen LogP) is 10.2. The largest absolute Gasteiger partial charge is 0.456 e. The van der Waals surface area contributed by atoms with Crippen molar-refractivity contribution in [3.8, 4) is 22.6 Å². The summed E-state index contributed by atoms with van der Waals surface area (Å²) < 4.78 is 8.54. The number of aryl methyl sites for hydroxylation is 1. The van der Waals surface area contributed by atoms with Crippen LogP contribution in [0.25, 0.3) is 83.1 Å². The molecule has 5 nitrogen and oxygen atoms in total. The molecular weight excluding hydrogens is 528 g/mol. The van der Waals surface area contributed by atoms with Crippen molar-refractivity contribution >= 4 is 60.4 Å². The number of hydrogen-bond donors (Lipinski definition) is 0. The molecule has 4 aromatic heterocycles.